The lowest BCUT2D eigenvalue weighted by Gasteiger charge is -2.23. The molecule has 1 unspecified atom stereocenters. The van der Waals surface area contributed by atoms with Crippen LogP contribution in [0.4, 0.5) is 0 Å². The Bertz CT molecular complexity index is 878. The van der Waals surface area contributed by atoms with E-state index in [0.29, 0.717) is 17.8 Å². The fraction of sp³-hybridized carbons (Fsp3) is 0.524. The van der Waals surface area contributed by atoms with Crippen molar-refractivity contribution in [2.75, 3.05) is 0 Å². The van der Waals surface area contributed by atoms with E-state index in [9.17, 15) is 9.59 Å². The molecule has 1 atom stereocenters. The van der Waals surface area contributed by atoms with E-state index in [1.165, 1.54) is 0 Å². The van der Waals surface area contributed by atoms with Gasteiger partial charge in [0.2, 0.25) is 0 Å². The van der Waals surface area contributed by atoms with Crippen LogP contribution < -0.4 is 10.4 Å². The third-order valence-electron chi connectivity index (χ3n) is 5.61. The van der Waals surface area contributed by atoms with Crippen LogP contribution in [-0.2, 0) is 17.6 Å². The van der Waals surface area contributed by atoms with Crippen LogP contribution >= 0.6 is 0 Å². The highest BCUT2D eigenvalue weighted by atomic mass is 16.5. The van der Waals surface area contributed by atoms with Gasteiger partial charge in [0.25, 0.3) is 0 Å². The van der Waals surface area contributed by atoms with Crippen molar-refractivity contribution in [3.63, 3.8) is 0 Å². The summed E-state index contributed by atoms with van der Waals surface area (Å²) >= 11 is 0. The molecule has 1 heterocycles. The van der Waals surface area contributed by atoms with Crippen LogP contribution in [0, 0.1) is 6.92 Å². The molecule has 2 aromatic rings. The molecular formula is C21H24O4. The minimum atomic E-state index is -0.363. The molecule has 0 saturated heterocycles. The first kappa shape index (κ1) is 16.4. The molecule has 0 radical (unpaired) electrons. The first-order chi connectivity index (χ1) is 12.1. The van der Waals surface area contributed by atoms with Crippen LogP contribution in [0.25, 0.3) is 11.0 Å². The summed E-state index contributed by atoms with van der Waals surface area (Å²) in [5.41, 5.74) is 3.22. The predicted molar refractivity (Wildman–Crippen MR) is 96.4 cm³/mol. The molecule has 0 amide bonds. The zero-order valence-electron chi connectivity index (χ0n) is 14.7. The normalized spacial score (nSPS) is 21.0. The average molecular weight is 340 g/mol. The lowest BCUT2D eigenvalue weighted by Crippen LogP contribution is -2.30. The number of aryl methyl sites for hydroxylation is 2. The van der Waals surface area contributed by atoms with E-state index < -0.39 is 0 Å². The third-order valence-corrected chi connectivity index (χ3v) is 5.61. The van der Waals surface area contributed by atoms with Gasteiger partial charge in [-0.25, -0.2) is 4.79 Å². The standard InChI is InChI=1S/C21H24O4/c1-13-18(24-19-10-6-5-9-17(19)22)12-11-15-14-7-3-2-4-8-16(14)21(23)25-20(13)15/h11-12,19H,2-10H2,1H3. The molecule has 0 spiro atoms. The van der Waals surface area contributed by atoms with Crippen LogP contribution in [0.2, 0.25) is 0 Å². The Morgan fingerprint density at radius 1 is 0.960 bits per heavy atom. The minimum absolute atomic E-state index is 0.175. The number of ketones is 1. The molecule has 1 saturated carbocycles. The molecule has 1 fully saturated rings. The smallest absolute Gasteiger partial charge is 0.339 e. The van der Waals surface area contributed by atoms with E-state index in [1.807, 2.05) is 19.1 Å². The van der Waals surface area contributed by atoms with Gasteiger partial charge >= 0.3 is 5.63 Å². The van der Waals surface area contributed by atoms with Gasteiger partial charge in [0.1, 0.15) is 11.3 Å². The molecule has 2 aliphatic rings. The van der Waals surface area contributed by atoms with E-state index in [-0.39, 0.29) is 17.5 Å². The van der Waals surface area contributed by atoms with Gasteiger partial charge in [0.05, 0.1) is 0 Å². The molecule has 4 rings (SSSR count). The lowest BCUT2D eigenvalue weighted by molar-refractivity contribution is -0.127. The number of Topliss-reactive ketones (excluding diaryl/α,β-unsaturated/α-hetero) is 1. The number of carbonyl (C=O) groups excluding carboxylic acids is 1. The van der Waals surface area contributed by atoms with Crippen molar-refractivity contribution in [2.24, 2.45) is 0 Å². The molecule has 25 heavy (non-hydrogen) atoms. The summed E-state index contributed by atoms with van der Waals surface area (Å²) in [4.78, 5) is 24.5. The second kappa shape index (κ2) is 6.66. The molecule has 2 aliphatic carbocycles. The van der Waals surface area contributed by atoms with Crippen molar-refractivity contribution in [3.05, 3.63) is 39.2 Å². The fourth-order valence-electron chi connectivity index (χ4n) is 4.16. The first-order valence-corrected chi connectivity index (χ1v) is 9.42. The molecule has 1 aromatic heterocycles. The average Bonchev–Trinajstić information content (AvgIpc) is 2.86. The highest BCUT2D eigenvalue weighted by molar-refractivity contribution is 5.87. The summed E-state index contributed by atoms with van der Waals surface area (Å²) in [6.45, 7) is 1.91. The van der Waals surface area contributed by atoms with Crippen LogP contribution in [-0.4, -0.2) is 11.9 Å². The van der Waals surface area contributed by atoms with Gasteiger partial charge in [-0.05, 0) is 69.6 Å². The number of fused-ring (bicyclic) bond motifs is 3. The summed E-state index contributed by atoms with van der Waals surface area (Å²) in [7, 11) is 0. The minimum Gasteiger partial charge on any atom is -0.482 e. The number of rotatable bonds is 2. The molecule has 1 aromatic carbocycles. The number of benzene rings is 1. The summed E-state index contributed by atoms with van der Waals surface area (Å²) in [5, 5.41) is 1.02. The van der Waals surface area contributed by atoms with E-state index in [1.54, 1.807) is 0 Å². The summed E-state index contributed by atoms with van der Waals surface area (Å²) in [6.07, 6.45) is 8.02. The largest absolute Gasteiger partial charge is 0.482 e. The Hall–Kier alpha value is -2.10. The molecule has 0 bridgehead atoms. The van der Waals surface area contributed by atoms with E-state index in [2.05, 4.69) is 0 Å². The molecular weight excluding hydrogens is 316 g/mol. The summed E-state index contributed by atoms with van der Waals surface area (Å²) in [6, 6.07) is 3.93. The topological polar surface area (TPSA) is 56.5 Å². The van der Waals surface area contributed by atoms with Crippen LogP contribution in [0.15, 0.2) is 21.3 Å². The van der Waals surface area contributed by atoms with Crippen molar-refractivity contribution >= 4 is 16.8 Å². The fourth-order valence-corrected chi connectivity index (χ4v) is 4.16. The van der Waals surface area contributed by atoms with Crippen molar-refractivity contribution in [1.29, 1.82) is 0 Å². The quantitative estimate of drug-likeness (QED) is 0.605. The van der Waals surface area contributed by atoms with Crippen molar-refractivity contribution in [3.8, 4) is 5.75 Å². The molecule has 0 aliphatic heterocycles. The van der Waals surface area contributed by atoms with E-state index >= 15 is 0 Å². The van der Waals surface area contributed by atoms with Crippen LogP contribution in [0.5, 0.6) is 5.75 Å². The number of hydrogen-bond donors (Lipinski definition) is 0. The van der Waals surface area contributed by atoms with Gasteiger partial charge in [-0.2, -0.15) is 0 Å². The Balaban J connectivity index is 1.78. The second-order valence-corrected chi connectivity index (χ2v) is 7.29. The summed E-state index contributed by atoms with van der Waals surface area (Å²) in [5.74, 6) is 0.832. The van der Waals surface area contributed by atoms with Crippen molar-refractivity contribution in [2.45, 2.75) is 70.8 Å². The maximum Gasteiger partial charge on any atom is 0.339 e. The maximum absolute atomic E-state index is 12.5. The lowest BCUT2D eigenvalue weighted by atomic mass is 9.96. The van der Waals surface area contributed by atoms with E-state index in [4.69, 9.17) is 9.15 Å². The van der Waals surface area contributed by atoms with Gasteiger partial charge in [-0.15, -0.1) is 0 Å². The Morgan fingerprint density at radius 3 is 2.52 bits per heavy atom. The van der Waals surface area contributed by atoms with Crippen LogP contribution in [0.1, 0.15) is 61.6 Å². The zero-order valence-corrected chi connectivity index (χ0v) is 14.7. The van der Waals surface area contributed by atoms with Gasteiger partial charge < -0.3 is 9.15 Å². The van der Waals surface area contributed by atoms with Gasteiger partial charge in [-0.1, -0.05) is 6.42 Å². The second-order valence-electron chi connectivity index (χ2n) is 7.29. The summed E-state index contributed by atoms with van der Waals surface area (Å²) < 4.78 is 11.7. The van der Waals surface area contributed by atoms with Crippen molar-refractivity contribution < 1.29 is 13.9 Å². The zero-order chi connectivity index (χ0) is 17.4. The molecule has 132 valence electrons. The molecule has 4 nitrogen and oxygen atoms in total. The van der Waals surface area contributed by atoms with Gasteiger partial charge in [0, 0.05) is 22.9 Å². The predicted octanol–water partition coefficient (Wildman–Crippen LogP) is 4.26. The van der Waals surface area contributed by atoms with E-state index in [0.717, 1.165) is 73.4 Å². The highest BCUT2D eigenvalue weighted by Crippen LogP contribution is 2.33. The highest BCUT2D eigenvalue weighted by Gasteiger charge is 2.25. The monoisotopic (exact) mass is 340 g/mol. The number of carbonyl (C=O) groups is 1. The Kier molecular flexibility index (Phi) is 4.36. The number of hydrogen-bond acceptors (Lipinski definition) is 4. The SMILES string of the molecule is Cc1c(OC2CCCCC2=O)ccc2c3c(c(=O)oc12)CCCCC3. The Labute approximate surface area is 147 Å². The third kappa shape index (κ3) is 2.99. The first-order valence-electron chi connectivity index (χ1n) is 9.42. The maximum atomic E-state index is 12.5. The van der Waals surface area contributed by atoms with Crippen LogP contribution in [0.3, 0.4) is 0 Å². The molecule has 4 heteroatoms. The Morgan fingerprint density at radius 2 is 1.72 bits per heavy atom. The molecule has 0 N–H and O–H groups in total. The van der Waals surface area contributed by atoms with Gasteiger partial charge in [0.15, 0.2) is 11.9 Å². The van der Waals surface area contributed by atoms with Crippen molar-refractivity contribution in [1.82, 2.24) is 0 Å². The van der Waals surface area contributed by atoms with Gasteiger partial charge in [-0.3, -0.25) is 4.79 Å². The number of ether oxygens (including phenoxy) is 1.